The van der Waals surface area contributed by atoms with E-state index >= 15 is 0 Å². The number of hydrogen-bond donors (Lipinski definition) is 0. The predicted octanol–water partition coefficient (Wildman–Crippen LogP) is 12.3. The molecular formula is C40H58O3. The molecule has 3 nitrogen and oxygen atoms in total. The van der Waals surface area contributed by atoms with Crippen LogP contribution in [0.2, 0.25) is 0 Å². The number of rotatable bonds is 24. The Morgan fingerprint density at radius 2 is 1.07 bits per heavy atom. The molecule has 0 aliphatic rings. The molecule has 1 atom stereocenters. The largest absolute Gasteiger partial charge is 0.494 e. The molecule has 0 aliphatic carbocycles. The van der Waals surface area contributed by atoms with Gasteiger partial charge in [0.05, 0.1) is 6.61 Å². The maximum absolute atomic E-state index is 12.8. The lowest BCUT2D eigenvalue weighted by Crippen LogP contribution is -2.11. The van der Waals surface area contributed by atoms with Crippen LogP contribution >= 0.6 is 0 Å². The first-order valence-corrected chi connectivity index (χ1v) is 17.5. The second-order valence-corrected chi connectivity index (χ2v) is 12.5. The van der Waals surface area contributed by atoms with E-state index in [-0.39, 0.29) is 11.7 Å². The molecule has 0 bridgehead atoms. The topological polar surface area (TPSA) is 35.5 Å². The van der Waals surface area contributed by atoms with Crippen LogP contribution in [-0.2, 0) is 6.61 Å². The van der Waals surface area contributed by atoms with Crippen molar-refractivity contribution < 1.29 is 14.3 Å². The van der Waals surface area contributed by atoms with E-state index in [1.807, 2.05) is 30.3 Å². The molecule has 0 unspecified atom stereocenters. The van der Waals surface area contributed by atoms with Gasteiger partial charge in [0.25, 0.3) is 0 Å². The summed E-state index contributed by atoms with van der Waals surface area (Å²) in [4.78, 5) is 12.8. The molecule has 0 saturated heterocycles. The van der Waals surface area contributed by atoms with Gasteiger partial charge >= 0.3 is 0 Å². The fourth-order valence-corrected chi connectivity index (χ4v) is 5.74. The zero-order chi connectivity index (χ0) is 30.5. The Morgan fingerprint density at radius 3 is 1.63 bits per heavy atom. The third-order valence-electron chi connectivity index (χ3n) is 8.63. The molecule has 0 radical (unpaired) electrons. The van der Waals surface area contributed by atoms with E-state index in [1.165, 1.54) is 89.9 Å². The summed E-state index contributed by atoms with van der Waals surface area (Å²) in [6.07, 6.45) is 22.1. The average molecular weight is 587 g/mol. The fraction of sp³-hybridized carbons (Fsp3) is 0.575. The van der Waals surface area contributed by atoms with Gasteiger partial charge in [-0.2, -0.15) is 0 Å². The molecule has 0 amide bonds. The maximum Gasteiger partial charge on any atom is 0.165 e. The van der Waals surface area contributed by atoms with E-state index < -0.39 is 0 Å². The van der Waals surface area contributed by atoms with Crippen LogP contribution in [0.3, 0.4) is 0 Å². The minimum atomic E-state index is 0.0804. The summed E-state index contributed by atoms with van der Waals surface area (Å²) in [6.45, 7) is 7.82. The molecule has 0 saturated carbocycles. The number of Topliss-reactive ketones (excluding diaryl/α,β-unsaturated/α-hetero) is 1. The van der Waals surface area contributed by atoms with Gasteiger partial charge in [-0.05, 0) is 53.4 Å². The highest BCUT2D eigenvalue weighted by atomic mass is 16.5. The first kappa shape index (κ1) is 34.7. The van der Waals surface area contributed by atoms with E-state index in [0.717, 1.165) is 59.3 Å². The van der Waals surface area contributed by atoms with Crippen LogP contribution in [0.15, 0.2) is 60.7 Å². The molecule has 3 aromatic carbocycles. The summed E-state index contributed by atoms with van der Waals surface area (Å²) >= 11 is 0. The summed E-state index contributed by atoms with van der Waals surface area (Å²) in [5.74, 6) is 2.11. The van der Waals surface area contributed by atoms with Crippen molar-refractivity contribution in [2.45, 2.75) is 137 Å². The number of ketones is 1. The highest BCUT2D eigenvalue weighted by Crippen LogP contribution is 2.26. The van der Waals surface area contributed by atoms with Crippen molar-refractivity contribution in [3.8, 4) is 11.5 Å². The molecule has 3 heteroatoms. The Hall–Kier alpha value is -2.81. The van der Waals surface area contributed by atoms with Crippen LogP contribution in [0.1, 0.15) is 146 Å². The molecule has 0 N–H and O–H groups in total. The second-order valence-electron chi connectivity index (χ2n) is 12.5. The van der Waals surface area contributed by atoms with Gasteiger partial charge in [0.2, 0.25) is 0 Å². The van der Waals surface area contributed by atoms with Crippen molar-refractivity contribution >= 4 is 16.6 Å². The molecule has 0 aliphatic heterocycles. The zero-order valence-electron chi connectivity index (χ0n) is 27.5. The molecule has 0 spiro atoms. The summed E-state index contributed by atoms with van der Waals surface area (Å²) in [6, 6.07) is 20.4. The molecule has 236 valence electrons. The summed E-state index contributed by atoms with van der Waals surface area (Å²) in [5.41, 5.74) is 1.86. The fourth-order valence-electron chi connectivity index (χ4n) is 5.74. The van der Waals surface area contributed by atoms with Crippen molar-refractivity contribution in [3.63, 3.8) is 0 Å². The van der Waals surface area contributed by atoms with Crippen molar-refractivity contribution in [1.29, 1.82) is 0 Å². The molecule has 3 aromatic rings. The van der Waals surface area contributed by atoms with Crippen LogP contribution < -0.4 is 9.47 Å². The van der Waals surface area contributed by atoms with Gasteiger partial charge in [0.1, 0.15) is 18.1 Å². The smallest absolute Gasteiger partial charge is 0.165 e. The van der Waals surface area contributed by atoms with Gasteiger partial charge in [0, 0.05) is 11.5 Å². The second kappa shape index (κ2) is 21.0. The Labute approximate surface area is 262 Å². The first-order chi connectivity index (χ1) is 21.1. The number of hydrogen-bond acceptors (Lipinski definition) is 3. The predicted molar refractivity (Wildman–Crippen MR) is 184 cm³/mol. The minimum absolute atomic E-state index is 0.0804. The van der Waals surface area contributed by atoms with Crippen molar-refractivity contribution in [2.75, 3.05) is 6.61 Å². The summed E-state index contributed by atoms with van der Waals surface area (Å²) < 4.78 is 12.1. The van der Waals surface area contributed by atoms with Gasteiger partial charge in [0.15, 0.2) is 5.78 Å². The third kappa shape index (κ3) is 13.6. The van der Waals surface area contributed by atoms with Crippen LogP contribution in [0.25, 0.3) is 10.8 Å². The molecule has 43 heavy (non-hydrogen) atoms. The third-order valence-corrected chi connectivity index (χ3v) is 8.63. The lowest BCUT2D eigenvalue weighted by molar-refractivity contribution is 0.0922. The van der Waals surface area contributed by atoms with Gasteiger partial charge < -0.3 is 9.47 Å². The normalized spacial score (nSPS) is 12.0. The highest BCUT2D eigenvalue weighted by Gasteiger charge is 2.14. The molecular weight excluding hydrogens is 528 g/mol. The van der Waals surface area contributed by atoms with Gasteiger partial charge in [-0.25, -0.2) is 0 Å². The van der Waals surface area contributed by atoms with Gasteiger partial charge in [-0.3, -0.25) is 4.79 Å². The van der Waals surface area contributed by atoms with Gasteiger partial charge in [-0.1, -0.05) is 153 Å². The quantitative estimate of drug-likeness (QED) is 0.0773. The van der Waals surface area contributed by atoms with Crippen LogP contribution in [0.5, 0.6) is 11.5 Å². The van der Waals surface area contributed by atoms with E-state index in [1.54, 1.807) is 0 Å². The zero-order valence-corrected chi connectivity index (χ0v) is 27.5. The molecule has 0 heterocycles. The Balaban J connectivity index is 1.32. The number of ether oxygens (including phenoxy) is 2. The number of unbranched alkanes of at least 4 members (excludes halogenated alkanes) is 14. The Kier molecular flexibility index (Phi) is 16.9. The SMILES string of the molecule is CCCCCCCCCCCCCCOc1ccc2cc(OCc3ccc(C(=O)[C@H](C)CCCCCC)cc3)ccc2c1. The van der Waals surface area contributed by atoms with E-state index in [2.05, 4.69) is 51.1 Å². The van der Waals surface area contributed by atoms with E-state index in [0.29, 0.717) is 6.61 Å². The van der Waals surface area contributed by atoms with Crippen molar-refractivity contribution in [3.05, 3.63) is 71.8 Å². The van der Waals surface area contributed by atoms with E-state index in [4.69, 9.17) is 9.47 Å². The Morgan fingerprint density at radius 1 is 0.581 bits per heavy atom. The number of carbonyl (C=O) groups is 1. The average Bonchev–Trinajstić information content (AvgIpc) is 3.04. The first-order valence-electron chi connectivity index (χ1n) is 17.5. The molecule has 0 aromatic heterocycles. The standard InChI is InChI=1S/C40H58O3/c1-4-6-8-10-11-12-13-14-15-16-17-19-29-42-38-27-25-37-31-39(28-26-36(37)30-38)43-32-34-21-23-35(24-22-34)40(41)33(3)20-18-9-7-5-2/h21-28,30-31,33H,4-20,29,32H2,1-3H3/t33-/m1/s1. The maximum atomic E-state index is 12.8. The summed E-state index contributed by atoms with van der Waals surface area (Å²) in [5, 5.41) is 2.30. The van der Waals surface area contributed by atoms with Crippen LogP contribution in [0, 0.1) is 5.92 Å². The van der Waals surface area contributed by atoms with Crippen LogP contribution in [0.4, 0.5) is 0 Å². The van der Waals surface area contributed by atoms with Gasteiger partial charge in [-0.15, -0.1) is 0 Å². The lowest BCUT2D eigenvalue weighted by atomic mass is 9.93. The summed E-state index contributed by atoms with van der Waals surface area (Å²) in [7, 11) is 0. The number of fused-ring (bicyclic) bond motifs is 1. The highest BCUT2D eigenvalue weighted by molar-refractivity contribution is 5.97. The van der Waals surface area contributed by atoms with Crippen LogP contribution in [-0.4, -0.2) is 12.4 Å². The van der Waals surface area contributed by atoms with Crippen molar-refractivity contribution in [2.24, 2.45) is 5.92 Å². The Bertz CT molecular complexity index is 1170. The number of carbonyl (C=O) groups excluding carboxylic acids is 1. The van der Waals surface area contributed by atoms with Crippen molar-refractivity contribution in [1.82, 2.24) is 0 Å². The minimum Gasteiger partial charge on any atom is -0.494 e. The monoisotopic (exact) mass is 586 g/mol. The lowest BCUT2D eigenvalue weighted by Gasteiger charge is -2.12. The van der Waals surface area contributed by atoms with E-state index in [9.17, 15) is 4.79 Å². The molecule has 3 rings (SSSR count). The molecule has 0 fully saturated rings. The number of benzene rings is 3.